The molecule has 0 N–H and O–H groups in total. The van der Waals surface area contributed by atoms with E-state index < -0.39 is 49.9 Å². The summed E-state index contributed by atoms with van der Waals surface area (Å²) in [4.78, 5) is 43.1. The van der Waals surface area contributed by atoms with Gasteiger partial charge in [0.25, 0.3) is 5.91 Å². The van der Waals surface area contributed by atoms with Crippen molar-refractivity contribution in [1.29, 1.82) is 0 Å². The number of hydrogen-bond donors (Lipinski definition) is 0. The Labute approximate surface area is 235 Å². The second-order valence-corrected chi connectivity index (χ2v) is 12.7. The summed E-state index contributed by atoms with van der Waals surface area (Å²) in [5.74, 6) is -0.469. The van der Waals surface area contributed by atoms with Crippen molar-refractivity contribution >= 4 is 25.4 Å². The zero-order valence-electron chi connectivity index (χ0n) is 23.8. The number of nitrogens with zero attached hydrogens (tertiary/aromatic N) is 1. The first-order chi connectivity index (χ1) is 18.7. The fourth-order valence-corrected chi connectivity index (χ4v) is 3.78. The van der Waals surface area contributed by atoms with E-state index in [1.54, 1.807) is 71.9 Å². The molecule has 0 saturated heterocycles. The van der Waals surface area contributed by atoms with Gasteiger partial charge < -0.3 is 9.47 Å². The van der Waals surface area contributed by atoms with E-state index in [2.05, 4.69) is 0 Å². The number of benzene rings is 2. The van der Waals surface area contributed by atoms with Crippen LogP contribution in [0.3, 0.4) is 0 Å². The van der Waals surface area contributed by atoms with Crippen LogP contribution >= 0.6 is 7.60 Å². The molecule has 0 bridgehead atoms. The van der Waals surface area contributed by atoms with E-state index in [-0.39, 0.29) is 13.2 Å². The number of amides is 1. The van der Waals surface area contributed by atoms with Crippen LogP contribution in [0.1, 0.15) is 57.5 Å². The minimum atomic E-state index is -4.10. The van der Waals surface area contributed by atoms with Crippen molar-refractivity contribution in [2.24, 2.45) is 10.8 Å². The van der Waals surface area contributed by atoms with Crippen molar-refractivity contribution in [2.75, 3.05) is 20.1 Å². The Morgan fingerprint density at radius 3 is 1.73 bits per heavy atom. The van der Waals surface area contributed by atoms with Crippen LogP contribution in [0.5, 0.6) is 0 Å². The normalized spacial score (nSPS) is 12.2. The Hall–Kier alpha value is -3.30. The summed E-state index contributed by atoms with van der Waals surface area (Å²) in [7, 11) is -4.10. The second-order valence-electron chi connectivity index (χ2n) is 10.8. The highest BCUT2D eigenvalue weighted by Gasteiger charge is 2.28. The molecule has 218 valence electrons. The summed E-state index contributed by atoms with van der Waals surface area (Å²) >= 11 is 0. The zero-order chi connectivity index (χ0) is 29.8. The standard InChI is InChI=1S/C29H38NO9P/c1-28(2,3)26(32)35-21-38-40(34,39-22-36-27(33)29(4,5)6)19-13-18-30(25(31)24-16-11-8-12-17-24)37-20-23-14-9-7-10-15-23/h7-17,19H,18,20-22H2,1-6H3/b19-13+. The van der Waals surface area contributed by atoms with Crippen molar-refractivity contribution in [3.8, 4) is 0 Å². The van der Waals surface area contributed by atoms with Gasteiger partial charge in [0.2, 0.25) is 13.6 Å². The summed E-state index contributed by atoms with van der Waals surface area (Å²) in [6.45, 7) is 8.61. The molecular weight excluding hydrogens is 537 g/mol. The minimum absolute atomic E-state index is 0.115. The highest BCUT2D eigenvalue weighted by molar-refractivity contribution is 7.57. The summed E-state index contributed by atoms with van der Waals surface area (Å²) in [5, 5.41) is 1.11. The Kier molecular flexibility index (Phi) is 12.3. The number of hydrogen-bond acceptors (Lipinski definition) is 9. The van der Waals surface area contributed by atoms with Crippen molar-refractivity contribution in [1.82, 2.24) is 5.06 Å². The number of ether oxygens (including phenoxy) is 2. The molecule has 0 unspecified atom stereocenters. The lowest BCUT2D eigenvalue weighted by molar-refractivity contribution is -0.161. The molecule has 0 aliphatic rings. The third-order valence-electron chi connectivity index (χ3n) is 5.11. The summed E-state index contributed by atoms with van der Waals surface area (Å²) in [5.41, 5.74) is -0.375. The van der Waals surface area contributed by atoms with Gasteiger partial charge in [-0.25, -0.2) is 5.06 Å². The van der Waals surface area contributed by atoms with Crippen molar-refractivity contribution in [3.63, 3.8) is 0 Å². The Morgan fingerprint density at radius 1 is 0.775 bits per heavy atom. The molecule has 11 heteroatoms. The van der Waals surface area contributed by atoms with Gasteiger partial charge in [0.15, 0.2) is 0 Å². The first-order valence-electron chi connectivity index (χ1n) is 12.7. The van der Waals surface area contributed by atoms with Crippen molar-refractivity contribution in [3.05, 3.63) is 83.7 Å². The SMILES string of the molecule is CC(C)(C)C(=O)OCOP(=O)(/C=C/CN(OCc1ccccc1)C(=O)c1ccccc1)OCOC(=O)C(C)(C)C. The van der Waals surface area contributed by atoms with Crippen LogP contribution < -0.4 is 0 Å². The maximum atomic E-state index is 13.4. The largest absolute Gasteiger partial charge is 0.438 e. The average molecular weight is 576 g/mol. The maximum Gasteiger partial charge on any atom is 0.359 e. The molecule has 2 rings (SSSR count). The molecule has 0 spiro atoms. The molecule has 1 amide bonds. The molecule has 0 fully saturated rings. The van der Waals surface area contributed by atoms with Gasteiger partial charge in [0, 0.05) is 11.4 Å². The summed E-state index contributed by atoms with van der Waals surface area (Å²) in [6, 6.07) is 17.8. The molecule has 0 radical (unpaired) electrons. The van der Waals surface area contributed by atoms with E-state index in [1.807, 2.05) is 30.3 Å². The predicted molar refractivity (Wildman–Crippen MR) is 148 cm³/mol. The summed E-state index contributed by atoms with van der Waals surface area (Å²) in [6.07, 6.45) is 1.36. The Bertz CT molecular complexity index is 1150. The van der Waals surface area contributed by atoms with Crippen LogP contribution in [-0.2, 0) is 44.1 Å². The van der Waals surface area contributed by atoms with E-state index >= 15 is 0 Å². The van der Waals surface area contributed by atoms with Gasteiger partial charge >= 0.3 is 19.5 Å². The molecule has 0 atom stereocenters. The van der Waals surface area contributed by atoms with Crippen LogP contribution in [0.25, 0.3) is 0 Å². The maximum absolute atomic E-state index is 13.4. The van der Waals surface area contributed by atoms with Gasteiger partial charge in [-0.05, 0) is 59.2 Å². The summed E-state index contributed by atoms with van der Waals surface area (Å²) < 4.78 is 34.1. The van der Waals surface area contributed by atoms with Crippen LogP contribution in [0.4, 0.5) is 0 Å². The highest BCUT2D eigenvalue weighted by atomic mass is 31.2. The molecule has 40 heavy (non-hydrogen) atoms. The average Bonchev–Trinajstić information content (AvgIpc) is 2.90. The molecule has 0 aliphatic carbocycles. The van der Waals surface area contributed by atoms with E-state index in [9.17, 15) is 18.9 Å². The van der Waals surface area contributed by atoms with E-state index in [1.165, 1.54) is 6.08 Å². The molecule has 0 heterocycles. The number of hydroxylamine groups is 2. The Morgan fingerprint density at radius 2 is 1.25 bits per heavy atom. The molecular formula is C29H38NO9P. The monoisotopic (exact) mass is 575 g/mol. The van der Waals surface area contributed by atoms with Gasteiger partial charge in [-0.2, -0.15) is 0 Å². The molecule has 2 aromatic carbocycles. The molecule has 2 aromatic rings. The molecule has 0 aliphatic heterocycles. The van der Waals surface area contributed by atoms with Gasteiger partial charge in [-0.1, -0.05) is 54.6 Å². The van der Waals surface area contributed by atoms with Crippen molar-refractivity contribution in [2.45, 2.75) is 48.1 Å². The van der Waals surface area contributed by atoms with Gasteiger partial charge in [-0.3, -0.25) is 32.8 Å². The smallest absolute Gasteiger partial charge is 0.359 e. The van der Waals surface area contributed by atoms with Gasteiger partial charge in [0.1, 0.15) is 6.61 Å². The van der Waals surface area contributed by atoms with Crippen molar-refractivity contribution < 1.29 is 42.3 Å². The van der Waals surface area contributed by atoms with E-state index in [4.69, 9.17) is 23.4 Å². The van der Waals surface area contributed by atoms with E-state index in [0.29, 0.717) is 5.56 Å². The number of esters is 2. The van der Waals surface area contributed by atoms with Gasteiger partial charge in [-0.15, -0.1) is 0 Å². The lowest BCUT2D eigenvalue weighted by atomic mass is 9.98. The van der Waals surface area contributed by atoms with Crippen LogP contribution in [0.2, 0.25) is 0 Å². The highest BCUT2D eigenvalue weighted by Crippen LogP contribution is 2.50. The Balaban J connectivity index is 2.17. The third-order valence-corrected chi connectivity index (χ3v) is 6.61. The number of rotatable bonds is 13. The topological polar surface area (TPSA) is 118 Å². The second kappa shape index (κ2) is 14.9. The van der Waals surface area contributed by atoms with E-state index in [0.717, 1.165) is 16.4 Å². The van der Waals surface area contributed by atoms with Crippen LogP contribution in [0.15, 0.2) is 72.6 Å². The molecule has 0 saturated carbocycles. The fourth-order valence-electron chi connectivity index (χ4n) is 2.78. The number of carbonyl (C=O) groups is 3. The zero-order valence-corrected chi connectivity index (χ0v) is 24.7. The predicted octanol–water partition coefficient (Wildman–Crippen LogP) is 6.09. The lowest BCUT2D eigenvalue weighted by Crippen LogP contribution is -2.31. The fraction of sp³-hybridized carbons (Fsp3) is 0.414. The third kappa shape index (κ3) is 11.4. The lowest BCUT2D eigenvalue weighted by Gasteiger charge is -2.22. The molecule has 10 nitrogen and oxygen atoms in total. The number of carbonyl (C=O) groups excluding carboxylic acids is 3. The molecule has 0 aromatic heterocycles. The first-order valence-corrected chi connectivity index (χ1v) is 14.3. The minimum Gasteiger partial charge on any atom is -0.438 e. The first kappa shape index (κ1) is 32.9. The van der Waals surface area contributed by atoms with Crippen LogP contribution in [0, 0.1) is 10.8 Å². The van der Waals surface area contributed by atoms with Crippen LogP contribution in [-0.4, -0.2) is 43.0 Å². The van der Waals surface area contributed by atoms with Gasteiger partial charge in [0.05, 0.1) is 17.4 Å². The quantitative estimate of drug-likeness (QED) is 0.121.